The summed E-state index contributed by atoms with van der Waals surface area (Å²) in [5.74, 6) is -2.85. The van der Waals surface area contributed by atoms with Crippen LogP contribution in [0.1, 0.15) is 27.0 Å². The van der Waals surface area contributed by atoms with E-state index in [1.165, 1.54) is 62.2 Å². The summed E-state index contributed by atoms with van der Waals surface area (Å²) in [4.78, 5) is 14.0. The number of carbonyl (C=O) groups is 1. The van der Waals surface area contributed by atoms with Crippen LogP contribution in [0.25, 0.3) is 22.3 Å². The third kappa shape index (κ3) is 6.89. The van der Waals surface area contributed by atoms with Gasteiger partial charge in [0.2, 0.25) is 5.78 Å². The molecule has 48 heavy (non-hydrogen) atoms. The van der Waals surface area contributed by atoms with Crippen molar-refractivity contribution in [1.29, 1.82) is 0 Å². The molecule has 15 nitrogen and oxygen atoms in total. The number of hydrogen-bond acceptors (Lipinski definition) is 13. The lowest BCUT2D eigenvalue weighted by molar-refractivity contribution is 0.103. The van der Waals surface area contributed by atoms with Crippen molar-refractivity contribution in [2.75, 3.05) is 53.2 Å². The second-order valence-corrected chi connectivity index (χ2v) is 15.0. The molecule has 4 aromatic rings. The molecular formula is C31H38N4O11S2. The monoisotopic (exact) mass is 706 g/mol. The zero-order chi connectivity index (χ0) is 35.7. The van der Waals surface area contributed by atoms with Crippen LogP contribution in [0, 0.1) is 13.8 Å². The molecule has 2 N–H and O–H groups in total. The van der Waals surface area contributed by atoms with Crippen molar-refractivity contribution >= 4 is 25.5 Å². The smallest absolute Gasteiger partial charge is 0.201 e. The molecule has 17 heteroatoms. The third-order valence-corrected chi connectivity index (χ3v) is 9.76. The van der Waals surface area contributed by atoms with Crippen LogP contribution in [0.15, 0.2) is 34.6 Å². The van der Waals surface area contributed by atoms with Crippen molar-refractivity contribution in [3.63, 3.8) is 0 Å². The van der Waals surface area contributed by atoms with Crippen molar-refractivity contribution in [1.82, 2.24) is 19.6 Å². The zero-order valence-corrected chi connectivity index (χ0v) is 29.4. The molecule has 0 unspecified atom stereocenters. The highest BCUT2D eigenvalue weighted by Crippen LogP contribution is 2.50. The number of hydrogen-bond donors (Lipinski definition) is 2. The van der Waals surface area contributed by atoms with Gasteiger partial charge in [0.05, 0.1) is 36.7 Å². The Morgan fingerprint density at radius 3 is 1.33 bits per heavy atom. The third-order valence-electron chi connectivity index (χ3n) is 7.50. The molecule has 0 aliphatic rings. The Labute approximate surface area is 278 Å². The van der Waals surface area contributed by atoms with E-state index in [4.69, 9.17) is 18.9 Å². The first-order valence-corrected chi connectivity index (χ1v) is 18.2. The highest BCUT2D eigenvalue weighted by molar-refractivity contribution is 7.91. The predicted octanol–water partition coefficient (Wildman–Crippen LogP) is 2.60. The van der Waals surface area contributed by atoms with Crippen LogP contribution in [-0.2, 0) is 43.2 Å². The Morgan fingerprint density at radius 1 is 0.708 bits per heavy atom. The molecule has 2 aromatic heterocycles. The zero-order valence-electron chi connectivity index (χ0n) is 27.8. The molecule has 0 atom stereocenters. The van der Waals surface area contributed by atoms with Crippen LogP contribution in [-0.4, -0.2) is 106 Å². The van der Waals surface area contributed by atoms with E-state index in [0.717, 1.165) is 12.5 Å². The molecule has 0 amide bonds. The molecule has 0 bridgehead atoms. The molecule has 0 spiro atoms. The Morgan fingerprint density at radius 2 is 1.06 bits per heavy atom. The van der Waals surface area contributed by atoms with Crippen LogP contribution in [0.3, 0.4) is 0 Å². The second kappa shape index (κ2) is 14.0. The van der Waals surface area contributed by atoms with Gasteiger partial charge in [-0.25, -0.2) is 16.8 Å². The van der Waals surface area contributed by atoms with Gasteiger partial charge in [0.25, 0.3) is 0 Å². The van der Waals surface area contributed by atoms with E-state index in [0.29, 0.717) is 0 Å². The topological polar surface area (TPSA) is 198 Å². The number of rotatable bonds is 14. The lowest BCUT2D eigenvalue weighted by Gasteiger charge is -2.24. The minimum absolute atomic E-state index is 0.0579. The fourth-order valence-electron chi connectivity index (χ4n) is 5.44. The summed E-state index contributed by atoms with van der Waals surface area (Å²) >= 11 is 0. The number of ether oxygens (including phenoxy) is 4. The second-order valence-electron chi connectivity index (χ2n) is 11.1. The van der Waals surface area contributed by atoms with Gasteiger partial charge in [0, 0.05) is 86.6 Å². The molecule has 0 radical (unpaired) electrons. The number of nitrogens with zero attached hydrogens (tertiary/aromatic N) is 4. The number of carbonyl (C=O) groups excluding carboxylic acids is 1. The minimum Gasteiger partial charge on any atom is -0.506 e. The van der Waals surface area contributed by atoms with Gasteiger partial charge in [-0.05, 0) is 13.8 Å². The lowest BCUT2D eigenvalue weighted by atomic mass is 9.88. The Bertz CT molecular complexity index is 1950. The van der Waals surface area contributed by atoms with E-state index in [9.17, 15) is 31.8 Å². The van der Waals surface area contributed by atoms with Crippen molar-refractivity contribution in [2.45, 2.75) is 23.6 Å². The molecule has 0 saturated heterocycles. The predicted molar refractivity (Wildman–Crippen MR) is 174 cm³/mol. The van der Waals surface area contributed by atoms with Crippen molar-refractivity contribution in [3.05, 3.63) is 47.0 Å². The van der Waals surface area contributed by atoms with Gasteiger partial charge in [-0.15, -0.1) is 0 Å². The number of methoxy groups -OCH3 is 2. The van der Waals surface area contributed by atoms with E-state index in [1.807, 2.05) is 0 Å². The van der Waals surface area contributed by atoms with E-state index < -0.39 is 48.1 Å². The van der Waals surface area contributed by atoms with E-state index in [2.05, 4.69) is 10.2 Å². The summed E-state index contributed by atoms with van der Waals surface area (Å²) in [6.45, 7) is 2.70. The summed E-state index contributed by atoms with van der Waals surface area (Å²) in [6.07, 6.45) is 7.43. The standard InChI is InChI=1S/C31H38N4O11S2/c1-17-21(26(37)23(19-13-32-34(3)15-19)30(47(7,39)40)28(17)45-11-9-43-5)25(36)22-18(2)29(46-12-10-44-6)31(48(8,41)42)24(27(22)38)20-14-33-35(4)16-20/h13-16,37-38H,9-12H2,1-8H3. The van der Waals surface area contributed by atoms with E-state index in [1.54, 1.807) is 14.1 Å². The number of phenolic OH excluding ortho intramolecular Hbond substituents is 2. The maximum absolute atomic E-state index is 14.8. The van der Waals surface area contributed by atoms with E-state index in [-0.39, 0.29) is 81.1 Å². The maximum atomic E-state index is 14.8. The van der Waals surface area contributed by atoms with Gasteiger partial charge in [-0.3, -0.25) is 14.2 Å². The average molecular weight is 707 g/mol. The van der Waals surface area contributed by atoms with Crippen LogP contribution in [0.2, 0.25) is 0 Å². The molecular weight excluding hydrogens is 668 g/mol. The highest BCUT2D eigenvalue weighted by Gasteiger charge is 2.37. The fraction of sp³-hybridized carbons (Fsp3) is 0.387. The van der Waals surface area contributed by atoms with Crippen LogP contribution in [0.4, 0.5) is 0 Å². The Balaban J connectivity index is 2.19. The minimum atomic E-state index is -4.12. The molecule has 0 fully saturated rings. The molecule has 260 valence electrons. The average Bonchev–Trinajstić information content (AvgIpc) is 3.61. The van der Waals surface area contributed by atoms with Crippen LogP contribution >= 0.6 is 0 Å². The lowest BCUT2D eigenvalue weighted by Crippen LogP contribution is -2.17. The number of phenols is 2. The fourth-order valence-corrected chi connectivity index (χ4v) is 7.71. The SMILES string of the molecule is COCCOc1c(C)c(C(=O)c2c(C)c(OCCOC)c(S(C)(=O)=O)c(-c3cnn(C)c3)c2O)c(O)c(-c2cnn(C)c2)c1S(C)(=O)=O. The first-order chi connectivity index (χ1) is 22.4. The molecule has 2 aromatic carbocycles. The number of aromatic hydroxyl groups is 2. The number of ketones is 1. The van der Waals surface area contributed by atoms with Crippen molar-refractivity contribution in [2.24, 2.45) is 14.1 Å². The van der Waals surface area contributed by atoms with E-state index >= 15 is 0 Å². The number of aromatic nitrogens is 4. The number of benzene rings is 2. The molecule has 2 heterocycles. The summed E-state index contributed by atoms with van der Waals surface area (Å²) in [6, 6.07) is 0. The normalized spacial score (nSPS) is 12.0. The molecule has 0 aliphatic heterocycles. The Kier molecular flexibility index (Phi) is 10.6. The summed E-state index contributed by atoms with van der Waals surface area (Å²) < 4.78 is 77.9. The van der Waals surface area contributed by atoms with Gasteiger partial charge in [0.1, 0.15) is 46.0 Å². The molecule has 0 saturated carbocycles. The summed E-state index contributed by atoms with van der Waals surface area (Å²) in [5.41, 5.74) is -1.10. The quantitative estimate of drug-likeness (QED) is 0.143. The van der Waals surface area contributed by atoms with Crippen LogP contribution in [0.5, 0.6) is 23.0 Å². The Hall–Kier alpha value is -4.45. The van der Waals surface area contributed by atoms with Gasteiger partial charge in [0.15, 0.2) is 19.7 Å². The van der Waals surface area contributed by atoms with Gasteiger partial charge in [-0.2, -0.15) is 10.2 Å². The van der Waals surface area contributed by atoms with Crippen LogP contribution < -0.4 is 9.47 Å². The van der Waals surface area contributed by atoms with Crippen molar-refractivity contribution < 1.29 is 50.8 Å². The van der Waals surface area contributed by atoms with Crippen molar-refractivity contribution in [3.8, 4) is 45.3 Å². The summed E-state index contributed by atoms with van der Waals surface area (Å²) in [7, 11) is -2.21. The number of sulfone groups is 2. The number of aryl methyl sites for hydroxylation is 2. The maximum Gasteiger partial charge on any atom is 0.201 e. The summed E-state index contributed by atoms with van der Waals surface area (Å²) in [5, 5.41) is 31.9. The first kappa shape index (κ1) is 36.4. The molecule has 0 aliphatic carbocycles. The van der Waals surface area contributed by atoms with Gasteiger partial charge in [-0.1, -0.05) is 0 Å². The largest absolute Gasteiger partial charge is 0.506 e. The first-order valence-electron chi connectivity index (χ1n) is 14.4. The van der Waals surface area contributed by atoms with Gasteiger partial charge >= 0.3 is 0 Å². The molecule has 4 rings (SSSR count). The highest BCUT2D eigenvalue weighted by atomic mass is 32.2. The van der Waals surface area contributed by atoms with Gasteiger partial charge < -0.3 is 29.2 Å².